The second-order valence-corrected chi connectivity index (χ2v) is 5.36. The molecule has 0 unspecified atom stereocenters. The predicted molar refractivity (Wildman–Crippen MR) is 83.9 cm³/mol. The minimum absolute atomic E-state index is 0.274. The smallest absolute Gasteiger partial charge is 0.274 e. The van der Waals surface area contributed by atoms with Crippen molar-refractivity contribution < 1.29 is 9.18 Å². The van der Waals surface area contributed by atoms with Gasteiger partial charge in [0.2, 0.25) is 0 Å². The summed E-state index contributed by atoms with van der Waals surface area (Å²) in [5.41, 5.74) is 1.73. The zero-order chi connectivity index (χ0) is 16.4. The largest absolute Gasteiger partial charge is 0.318 e. The normalized spacial score (nSPS) is 10.7. The molecular weight excluding hydrogens is 321 g/mol. The summed E-state index contributed by atoms with van der Waals surface area (Å²) < 4.78 is 16.1. The molecule has 2 aromatic heterocycles. The average Bonchev–Trinajstić information content (AvgIpc) is 3.11. The molecule has 3 aromatic rings. The maximum Gasteiger partial charge on any atom is 0.274 e. The Bertz CT molecular complexity index is 857. The van der Waals surface area contributed by atoms with Crippen molar-refractivity contribution in [3.05, 3.63) is 65.0 Å². The zero-order valence-corrected chi connectivity index (χ0v) is 13.0. The lowest BCUT2D eigenvalue weighted by atomic mass is 10.2. The third-order valence-electron chi connectivity index (χ3n) is 3.29. The van der Waals surface area contributed by atoms with E-state index in [1.807, 2.05) is 0 Å². The highest BCUT2D eigenvalue weighted by atomic mass is 35.5. The first-order valence-corrected chi connectivity index (χ1v) is 7.16. The number of carbonyl (C=O) groups is 1. The van der Waals surface area contributed by atoms with E-state index in [0.717, 1.165) is 5.56 Å². The summed E-state index contributed by atoms with van der Waals surface area (Å²) in [7, 11) is 1.69. The molecule has 23 heavy (non-hydrogen) atoms. The van der Waals surface area contributed by atoms with Gasteiger partial charge in [-0.3, -0.25) is 14.2 Å². The molecule has 0 atom stereocenters. The first-order chi connectivity index (χ1) is 11.0. The first-order valence-electron chi connectivity index (χ1n) is 6.78. The van der Waals surface area contributed by atoms with Crippen LogP contribution >= 0.6 is 11.6 Å². The maximum absolute atomic E-state index is 13.0. The molecule has 3 rings (SSSR count). The number of aromatic nitrogens is 4. The minimum atomic E-state index is -0.386. The number of hydrogen-bond donors (Lipinski definition) is 1. The Morgan fingerprint density at radius 1 is 1.35 bits per heavy atom. The Morgan fingerprint density at radius 3 is 2.87 bits per heavy atom. The van der Waals surface area contributed by atoms with Crippen LogP contribution in [0.1, 0.15) is 16.1 Å². The second kappa shape index (κ2) is 6.21. The Morgan fingerprint density at radius 2 is 2.17 bits per heavy atom. The van der Waals surface area contributed by atoms with E-state index in [-0.39, 0.29) is 11.7 Å². The number of carbonyl (C=O) groups excluding carboxylic acids is 1. The van der Waals surface area contributed by atoms with Crippen molar-refractivity contribution in [1.29, 1.82) is 0 Å². The van der Waals surface area contributed by atoms with Gasteiger partial charge in [-0.2, -0.15) is 10.2 Å². The van der Waals surface area contributed by atoms with Crippen molar-refractivity contribution in [2.24, 2.45) is 7.05 Å². The summed E-state index contributed by atoms with van der Waals surface area (Å²) in [5.74, 6) is -0.660. The molecule has 6 nitrogen and oxygen atoms in total. The quantitative estimate of drug-likeness (QED) is 0.798. The highest BCUT2D eigenvalue weighted by molar-refractivity contribution is 6.31. The summed E-state index contributed by atoms with van der Waals surface area (Å²) in [4.78, 5) is 12.1. The monoisotopic (exact) mass is 333 g/mol. The molecule has 2 heterocycles. The van der Waals surface area contributed by atoms with Crippen molar-refractivity contribution in [1.82, 2.24) is 19.6 Å². The minimum Gasteiger partial charge on any atom is -0.318 e. The number of hydrogen-bond acceptors (Lipinski definition) is 3. The number of amides is 1. The van der Waals surface area contributed by atoms with Gasteiger partial charge in [0.15, 0.2) is 0 Å². The summed E-state index contributed by atoms with van der Waals surface area (Å²) in [6.45, 7) is 0.376. The molecular formula is C15H13ClFN5O. The SMILES string of the molecule is Cn1nccc1C(=O)Nc1cnn(Cc2ccc(F)cc2Cl)c1. The number of aryl methyl sites for hydroxylation is 1. The predicted octanol–water partition coefficient (Wildman–Crippen LogP) is 2.71. The number of nitrogens with zero attached hydrogens (tertiary/aromatic N) is 4. The first kappa shape index (κ1) is 15.2. The van der Waals surface area contributed by atoms with Crippen LogP contribution in [0.2, 0.25) is 5.02 Å². The van der Waals surface area contributed by atoms with Gasteiger partial charge in [-0.1, -0.05) is 17.7 Å². The molecule has 0 aliphatic rings. The fraction of sp³-hybridized carbons (Fsp3) is 0.133. The molecule has 1 N–H and O–H groups in total. The lowest BCUT2D eigenvalue weighted by molar-refractivity contribution is 0.101. The van der Waals surface area contributed by atoms with Crippen LogP contribution in [0.4, 0.5) is 10.1 Å². The van der Waals surface area contributed by atoms with E-state index in [4.69, 9.17) is 11.6 Å². The van der Waals surface area contributed by atoms with E-state index in [9.17, 15) is 9.18 Å². The van der Waals surface area contributed by atoms with Crippen LogP contribution in [0.5, 0.6) is 0 Å². The summed E-state index contributed by atoms with van der Waals surface area (Å²) in [6, 6.07) is 5.83. The van der Waals surface area contributed by atoms with Crippen LogP contribution in [-0.4, -0.2) is 25.5 Å². The zero-order valence-electron chi connectivity index (χ0n) is 12.2. The van der Waals surface area contributed by atoms with E-state index >= 15 is 0 Å². The molecule has 0 bridgehead atoms. The van der Waals surface area contributed by atoms with Gasteiger partial charge in [0.25, 0.3) is 5.91 Å². The number of anilines is 1. The standard InChI is InChI=1S/C15H13ClFN5O/c1-21-14(4-5-18-21)15(23)20-12-7-19-22(9-12)8-10-2-3-11(17)6-13(10)16/h2-7,9H,8H2,1H3,(H,20,23). The Labute approximate surface area is 136 Å². The number of benzene rings is 1. The maximum atomic E-state index is 13.0. The molecule has 0 saturated heterocycles. The Balaban J connectivity index is 1.71. The van der Waals surface area contributed by atoms with Crippen molar-refractivity contribution >= 4 is 23.2 Å². The van der Waals surface area contributed by atoms with E-state index in [1.54, 1.807) is 36.3 Å². The van der Waals surface area contributed by atoms with Crippen LogP contribution in [-0.2, 0) is 13.6 Å². The van der Waals surface area contributed by atoms with Crippen LogP contribution in [0.3, 0.4) is 0 Å². The summed E-state index contributed by atoms with van der Waals surface area (Å²) in [6.07, 6.45) is 4.76. The van der Waals surface area contributed by atoms with E-state index in [2.05, 4.69) is 15.5 Å². The van der Waals surface area contributed by atoms with Crippen LogP contribution < -0.4 is 5.32 Å². The van der Waals surface area contributed by atoms with Crippen LogP contribution in [0, 0.1) is 5.82 Å². The summed E-state index contributed by atoms with van der Waals surface area (Å²) >= 11 is 5.99. The molecule has 0 spiro atoms. The molecule has 1 amide bonds. The van der Waals surface area contributed by atoms with Gasteiger partial charge >= 0.3 is 0 Å². The van der Waals surface area contributed by atoms with Gasteiger partial charge < -0.3 is 5.32 Å². The third kappa shape index (κ3) is 3.40. The van der Waals surface area contributed by atoms with E-state index in [0.29, 0.717) is 22.9 Å². The van der Waals surface area contributed by atoms with Crippen LogP contribution in [0.25, 0.3) is 0 Å². The van der Waals surface area contributed by atoms with Gasteiger partial charge in [0, 0.05) is 24.5 Å². The molecule has 0 saturated carbocycles. The lowest BCUT2D eigenvalue weighted by Gasteiger charge is -2.05. The van der Waals surface area contributed by atoms with Crippen molar-refractivity contribution in [3.63, 3.8) is 0 Å². The fourth-order valence-corrected chi connectivity index (χ4v) is 2.36. The molecule has 0 aliphatic heterocycles. The van der Waals surface area contributed by atoms with Gasteiger partial charge in [-0.15, -0.1) is 0 Å². The number of halogens is 2. The topological polar surface area (TPSA) is 64.7 Å². The van der Waals surface area contributed by atoms with Gasteiger partial charge in [0.05, 0.1) is 18.4 Å². The number of nitrogens with one attached hydrogen (secondary N) is 1. The van der Waals surface area contributed by atoms with Crippen molar-refractivity contribution in [2.45, 2.75) is 6.54 Å². The van der Waals surface area contributed by atoms with Gasteiger partial charge in [-0.25, -0.2) is 4.39 Å². The van der Waals surface area contributed by atoms with E-state index in [1.165, 1.54) is 23.0 Å². The molecule has 8 heteroatoms. The molecule has 0 fully saturated rings. The van der Waals surface area contributed by atoms with Crippen molar-refractivity contribution in [2.75, 3.05) is 5.32 Å². The Kier molecular flexibility index (Phi) is 4.12. The third-order valence-corrected chi connectivity index (χ3v) is 3.64. The van der Waals surface area contributed by atoms with Gasteiger partial charge in [0.1, 0.15) is 11.5 Å². The summed E-state index contributed by atoms with van der Waals surface area (Å²) in [5, 5.41) is 11.2. The van der Waals surface area contributed by atoms with Gasteiger partial charge in [-0.05, 0) is 23.8 Å². The Hall–Kier alpha value is -2.67. The van der Waals surface area contributed by atoms with E-state index < -0.39 is 0 Å². The highest BCUT2D eigenvalue weighted by Gasteiger charge is 2.11. The fourth-order valence-electron chi connectivity index (χ4n) is 2.13. The number of rotatable bonds is 4. The molecule has 1 aromatic carbocycles. The van der Waals surface area contributed by atoms with Crippen LogP contribution in [0.15, 0.2) is 42.9 Å². The molecule has 118 valence electrons. The molecule has 0 radical (unpaired) electrons. The molecule has 0 aliphatic carbocycles. The highest BCUT2D eigenvalue weighted by Crippen LogP contribution is 2.19. The van der Waals surface area contributed by atoms with Crippen molar-refractivity contribution in [3.8, 4) is 0 Å². The lowest BCUT2D eigenvalue weighted by Crippen LogP contribution is -2.15. The average molecular weight is 334 g/mol. The second-order valence-electron chi connectivity index (χ2n) is 4.96.